The lowest BCUT2D eigenvalue weighted by Gasteiger charge is -2.11. The van der Waals surface area contributed by atoms with Crippen LogP contribution in [-0.4, -0.2) is 12.6 Å². The van der Waals surface area contributed by atoms with Gasteiger partial charge in [-0.05, 0) is 44.5 Å². The third-order valence-electron chi connectivity index (χ3n) is 2.03. The van der Waals surface area contributed by atoms with Crippen LogP contribution in [-0.2, 0) is 0 Å². The first-order valence-corrected chi connectivity index (χ1v) is 5.24. The molecule has 15 heavy (non-hydrogen) atoms. The van der Waals surface area contributed by atoms with Crippen molar-refractivity contribution in [2.75, 3.05) is 6.54 Å². The number of rotatable bonds is 5. The van der Waals surface area contributed by atoms with Gasteiger partial charge in [0.05, 0.1) is 6.10 Å². The lowest BCUT2D eigenvalue weighted by atomic mass is 10.1. The van der Waals surface area contributed by atoms with E-state index in [0.29, 0.717) is 18.5 Å². The van der Waals surface area contributed by atoms with Gasteiger partial charge in [0.15, 0.2) is 0 Å². The molecule has 2 nitrogen and oxygen atoms in total. The molecule has 0 aliphatic heterocycles. The first-order chi connectivity index (χ1) is 7.13. The minimum Gasteiger partial charge on any atom is -0.491 e. The maximum atomic E-state index is 13.4. The highest BCUT2D eigenvalue weighted by atomic mass is 19.1. The van der Waals surface area contributed by atoms with Gasteiger partial charge < -0.3 is 10.5 Å². The second-order valence-electron chi connectivity index (χ2n) is 3.78. The summed E-state index contributed by atoms with van der Waals surface area (Å²) in [4.78, 5) is 0. The van der Waals surface area contributed by atoms with E-state index in [1.54, 1.807) is 24.3 Å². The van der Waals surface area contributed by atoms with Crippen LogP contribution in [0.25, 0.3) is 0 Å². The van der Waals surface area contributed by atoms with E-state index in [1.165, 1.54) is 0 Å². The third-order valence-corrected chi connectivity index (χ3v) is 2.03. The van der Waals surface area contributed by atoms with Crippen molar-refractivity contribution in [3.05, 3.63) is 29.8 Å². The molecule has 0 saturated carbocycles. The lowest BCUT2D eigenvalue weighted by molar-refractivity contribution is 0.242. The van der Waals surface area contributed by atoms with Gasteiger partial charge in [0.1, 0.15) is 11.9 Å². The van der Waals surface area contributed by atoms with E-state index in [0.717, 1.165) is 5.75 Å². The molecule has 0 fully saturated rings. The summed E-state index contributed by atoms with van der Waals surface area (Å²) < 4.78 is 18.9. The van der Waals surface area contributed by atoms with Crippen LogP contribution in [0.4, 0.5) is 4.39 Å². The summed E-state index contributed by atoms with van der Waals surface area (Å²) >= 11 is 0. The molecule has 0 heterocycles. The molecule has 0 radical (unpaired) electrons. The Balaban J connectivity index is 2.63. The minimum absolute atomic E-state index is 0.140. The van der Waals surface area contributed by atoms with E-state index >= 15 is 0 Å². The van der Waals surface area contributed by atoms with Crippen LogP contribution in [0, 0.1) is 0 Å². The zero-order valence-electron chi connectivity index (χ0n) is 9.24. The van der Waals surface area contributed by atoms with Gasteiger partial charge in [-0.1, -0.05) is 12.1 Å². The summed E-state index contributed by atoms with van der Waals surface area (Å²) in [5.41, 5.74) is 5.96. The molecule has 1 aromatic carbocycles. The molecule has 3 heteroatoms. The van der Waals surface area contributed by atoms with E-state index in [9.17, 15) is 4.39 Å². The van der Waals surface area contributed by atoms with Crippen LogP contribution in [0.5, 0.6) is 5.75 Å². The number of nitrogens with two attached hydrogens (primary N) is 1. The monoisotopic (exact) mass is 211 g/mol. The number of hydrogen-bond acceptors (Lipinski definition) is 2. The molecule has 0 aliphatic carbocycles. The summed E-state index contributed by atoms with van der Waals surface area (Å²) in [6, 6.07) is 7.08. The van der Waals surface area contributed by atoms with Crippen LogP contribution in [0.2, 0.25) is 0 Å². The molecule has 1 aromatic rings. The predicted octanol–water partition coefficient (Wildman–Crippen LogP) is 2.83. The quantitative estimate of drug-likeness (QED) is 0.812. The Morgan fingerprint density at radius 3 is 2.33 bits per heavy atom. The van der Waals surface area contributed by atoms with E-state index in [2.05, 4.69) is 0 Å². The SMILES string of the molecule is CC(C)Oc1ccc(C(F)CCN)cc1. The molecule has 0 saturated heterocycles. The molecular formula is C12H18FNO. The Kier molecular flexibility index (Phi) is 4.56. The van der Waals surface area contributed by atoms with Crippen LogP contribution in [0.1, 0.15) is 32.0 Å². The molecule has 1 rings (SSSR count). The Labute approximate surface area is 90.2 Å². The smallest absolute Gasteiger partial charge is 0.126 e. The Morgan fingerprint density at radius 1 is 1.27 bits per heavy atom. The standard InChI is InChI=1S/C12H18FNO/c1-9(2)15-11-5-3-10(4-6-11)12(13)7-8-14/h3-6,9,12H,7-8,14H2,1-2H3. The van der Waals surface area contributed by atoms with Gasteiger partial charge >= 0.3 is 0 Å². The highest BCUT2D eigenvalue weighted by Crippen LogP contribution is 2.23. The highest BCUT2D eigenvalue weighted by Gasteiger charge is 2.08. The van der Waals surface area contributed by atoms with E-state index in [-0.39, 0.29) is 6.10 Å². The second kappa shape index (κ2) is 5.71. The fourth-order valence-corrected chi connectivity index (χ4v) is 1.34. The summed E-state index contributed by atoms with van der Waals surface area (Å²) in [5.74, 6) is 0.772. The molecule has 0 aromatic heterocycles. The van der Waals surface area contributed by atoms with Crippen molar-refractivity contribution < 1.29 is 9.13 Å². The van der Waals surface area contributed by atoms with Crippen molar-refractivity contribution >= 4 is 0 Å². The summed E-state index contributed by atoms with van der Waals surface area (Å²) in [6.07, 6.45) is -0.464. The lowest BCUT2D eigenvalue weighted by Crippen LogP contribution is -2.06. The van der Waals surface area contributed by atoms with Gasteiger partial charge in [-0.2, -0.15) is 0 Å². The average Bonchev–Trinajstić information content (AvgIpc) is 2.18. The van der Waals surface area contributed by atoms with Gasteiger partial charge in [0.25, 0.3) is 0 Å². The van der Waals surface area contributed by atoms with Gasteiger partial charge in [-0.3, -0.25) is 0 Å². The zero-order chi connectivity index (χ0) is 11.3. The number of benzene rings is 1. The molecule has 0 bridgehead atoms. The predicted molar refractivity (Wildman–Crippen MR) is 59.7 cm³/mol. The van der Waals surface area contributed by atoms with Gasteiger partial charge in [-0.15, -0.1) is 0 Å². The topological polar surface area (TPSA) is 35.2 Å². The third kappa shape index (κ3) is 3.88. The van der Waals surface area contributed by atoms with Crippen molar-refractivity contribution in [2.45, 2.75) is 32.5 Å². The van der Waals surface area contributed by atoms with Crippen molar-refractivity contribution in [3.63, 3.8) is 0 Å². The Bertz CT molecular complexity index is 284. The molecule has 2 N–H and O–H groups in total. The van der Waals surface area contributed by atoms with Crippen LogP contribution < -0.4 is 10.5 Å². The van der Waals surface area contributed by atoms with E-state index < -0.39 is 6.17 Å². The van der Waals surface area contributed by atoms with Crippen LogP contribution in [0.3, 0.4) is 0 Å². The normalized spacial score (nSPS) is 12.9. The fraction of sp³-hybridized carbons (Fsp3) is 0.500. The second-order valence-corrected chi connectivity index (χ2v) is 3.78. The number of ether oxygens (including phenoxy) is 1. The van der Waals surface area contributed by atoms with Gasteiger partial charge in [-0.25, -0.2) is 4.39 Å². The molecular weight excluding hydrogens is 193 g/mol. The molecule has 0 spiro atoms. The maximum Gasteiger partial charge on any atom is 0.126 e. The molecule has 0 amide bonds. The minimum atomic E-state index is -0.969. The van der Waals surface area contributed by atoms with Crippen molar-refractivity contribution in [1.29, 1.82) is 0 Å². The number of hydrogen-bond donors (Lipinski definition) is 1. The summed E-state index contributed by atoms with van der Waals surface area (Å²) in [7, 11) is 0. The molecule has 84 valence electrons. The van der Waals surface area contributed by atoms with Crippen molar-refractivity contribution in [1.82, 2.24) is 0 Å². The Morgan fingerprint density at radius 2 is 1.87 bits per heavy atom. The Hall–Kier alpha value is -1.09. The first-order valence-electron chi connectivity index (χ1n) is 5.24. The number of alkyl halides is 1. The maximum absolute atomic E-state index is 13.4. The van der Waals surface area contributed by atoms with Crippen molar-refractivity contribution in [3.8, 4) is 5.75 Å². The largest absolute Gasteiger partial charge is 0.491 e. The zero-order valence-corrected chi connectivity index (χ0v) is 9.24. The van der Waals surface area contributed by atoms with Crippen LogP contribution in [0.15, 0.2) is 24.3 Å². The fourth-order valence-electron chi connectivity index (χ4n) is 1.34. The van der Waals surface area contributed by atoms with E-state index in [4.69, 9.17) is 10.5 Å². The average molecular weight is 211 g/mol. The van der Waals surface area contributed by atoms with Crippen LogP contribution >= 0.6 is 0 Å². The van der Waals surface area contributed by atoms with Gasteiger partial charge in [0, 0.05) is 0 Å². The van der Waals surface area contributed by atoms with Gasteiger partial charge in [0.2, 0.25) is 0 Å². The van der Waals surface area contributed by atoms with Crippen molar-refractivity contribution in [2.24, 2.45) is 5.73 Å². The summed E-state index contributed by atoms with van der Waals surface area (Å²) in [5, 5.41) is 0. The summed E-state index contributed by atoms with van der Waals surface area (Å²) in [6.45, 7) is 4.28. The highest BCUT2D eigenvalue weighted by molar-refractivity contribution is 5.28. The van der Waals surface area contributed by atoms with E-state index in [1.807, 2.05) is 13.8 Å². The first kappa shape index (κ1) is 12.0. The molecule has 1 atom stereocenters. The molecule has 1 unspecified atom stereocenters. The number of halogens is 1. The molecule has 0 aliphatic rings.